The van der Waals surface area contributed by atoms with Crippen molar-refractivity contribution >= 4 is 16.9 Å². The second-order valence-electron chi connectivity index (χ2n) is 7.02. The molecular formula is C25H24N6O. The van der Waals surface area contributed by atoms with Crippen LogP contribution in [0, 0.1) is 0 Å². The summed E-state index contributed by atoms with van der Waals surface area (Å²) in [6.07, 6.45) is 10.4. The number of benzene rings is 1. The van der Waals surface area contributed by atoms with E-state index in [0.717, 1.165) is 28.1 Å². The van der Waals surface area contributed by atoms with Gasteiger partial charge in [-0.25, -0.2) is 14.6 Å². The zero-order valence-corrected chi connectivity index (χ0v) is 17.9. The summed E-state index contributed by atoms with van der Waals surface area (Å²) in [5, 5.41) is 5.45. The van der Waals surface area contributed by atoms with Gasteiger partial charge in [0.1, 0.15) is 18.2 Å². The van der Waals surface area contributed by atoms with Crippen LogP contribution in [0.5, 0.6) is 0 Å². The zero-order valence-electron chi connectivity index (χ0n) is 17.9. The summed E-state index contributed by atoms with van der Waals surface area (Å²) in [6.45, 7) is 8.52. The molecule has 4 aromatic rings. The molecule has 4 rings (SSSR count). The molecular weight excluding hydrogens is 400 g/mol. The maximum absolute atomic E-state index is 5.78. The molecule has 0 unspecified atom stereocenters. The number of pyridine rings is 1. The summed E-state index contributed by atoms with van der Waals surface area (Å²) in [4.78, 5) is 15.9. The maximum Gasteiger partial charge on any atom is 0.169 e. The molecule has 0 aliphatic heterocycles. The number of nitrogens with zero attached hydrogens (tertiary/aromatic N) is 6. The standard InChI is InChI=1S/C25H24N6O/c1-4-10-21(5-2)32-16-15-30(3)24-22-18-27-31(20-12-7-6-8-13-20)25(22)29-23(28-24)19-11-9-14-26-17-19/h4-14,17-18H,1-2,15-16H2,3H3/b21-10+. The van der Waals surface area contributed by atoms with E-state index < -0.39 is 0 Å². The van der Waals surface area contributed by atoms with Gasteiger partial charge in [-0.3, -0.25) is 4.98 Å². The van der Waals surface area contributed by atoms with Crippen LogP contribution in [0.1, 0.15) is 0 Å². The number of rotatable bonds is 9. The van der Waals surface area contributed by atoms with Crippen LogP contribution in [0.15, 0.2) is 98.2 Å². The lowest BCUT2D eigenvalue weighted by molar-refractivity contribution is 0.232. The summed E-state index contributed by atoms with van der Waals surface area (Å²) in [6, 6.07) is 13.7. The number of hydrogen-bond acceptors (Lipinski definition) is 6. The number of para-hydroxylation sites is 1. The van der Waals surface area contributed by atoms with Gasteiger partial charge < -0.3 is 9.64 Å². The van der Waals surface area contributed by atoms with E-state index in [0.29, 0.717) is 24.7 Å². The molecule has 0 atom stereocenters. The Balaban J connectivity index is 1.74. The highest BCUT2D eigenvalue weighted by Gasteiger charge is 2.18. The Labute approximate surface area is 187 Å². The largest absolute Gasteiger partial charge is 0.492 e. The van der Waals surface area contributed by atoms with Crippen LogP contribution in [0.4, 0.5) is 5.82 Å². The van der Waals surface area contributed by atoms with Gasteiger partial charge in [-0.2, -0.15) is 5.10 Å². The number of aromatic nitrogens is 5. The molecule has 32 heavy (non-hydrogen) atoms. The third-order valence-corrected chi connectivity index (χ3v) is 4.87. The van der Waals surface area contributed by atoms with Crippen LogP contribution in [0.25, 0.3) is 28.1 Å². The minimum Gasteiger partial charge on any atom is -0.492 e. The first-order valence-electron chi connectivity index (χ1n) is 10.2. The van der Waals surface area contributed by atoms with Crippen molar-refractivity contribution < 1.29 is 4.74 Å². The third-order valence-electron chi connectivity index (χ3n) is 4.87. The van der Waals surface area contributed by atoms with E-state index in [4.69, 9.17) is 14.7 Å². The topological polar surface area (TPSA) is 69.0 Å². The van der Waals surface area contributed by atoms with Crippen molar-refractivity contribution in [2.75, 3.05) is 25.1 Å². The summed E-state index contributed by atoms with van der Waals surface area (Å²) in [7, 11) is 1.98. The molecule has 160 valence electrons. The van der Waals surface area contributed by atoms with Gasteiger partial charge >= 0.3 is 0 Å². The molecule has 0 N–H and O–H groups in total. The second kappa shape index (κ2) is 9.70. The molecule has 0 saturated carbocycles. The molecule has 0 aliphatic rings. The van der Waals surface area contributed by atoms with Crippen molar-refractivity contribution in [3.8, 4) is 17.1 Å². The fraction of sp³-hybridized carbons (Fsp3) is 0.120. The Morgan fingerprint density at radius 2 is 1.94 bits per heavy atom. The molecule has 0 saturated heterocycles. The Morgan fingerprint density at radius 3 is 2.66 bits per heavy atom. The Kier molecular flexibility index (Phi) is 6.36. The SMILES string of the molecule is C=C/C=C(\C=C)OCCN(C)c1nc(-c2cccnc2)nc2c1cnn2-c1ccccc1. The zero-order chi connectivity index (χ0) is 22.3. The third kappa shape index (κ3) is 4.41. The number of anilines is 1. The van der Waals surface area contributed by atoms with Gasteiger partial charge in [0.15, 0.2) is 11.5 Å². The van der Waals surface area contributed by atoms with Crippen LogP contribution in [0.3, 0.4) is 0 Å². The molecule has 0 bridgehead atoms. The van der Waals surface area contributed by atoms with Gasteiger partial charge in [0, 0.05) is 25.0 Å². The van der Waals surface area contributed by atoms with E-state index in [2.05, 4.69) is 23.2 Å². The van der Waals surface area contributed by atoms with Gasteiger partial charge in [0.2, 0.25) is 0 Å². The van der Waals surface area contributed by atoms with Crippen molar-refractivity contribution in [2.24, 2.45) is 0 Å². The number of likely N-dealkylation sites (N-methyl/N-ethyl adjacent to an activating group) is 1. The van der Waals surface area contributed by atoms with E-state index in [1.54, 1.807) is 36.8 Å². The predicted octanol–water partition coefficient (Wildman–Crippen LogP) is 4.59. The van der Waals surface area contributed by atoms with Crippen molar-refractivity contribution in [1.82, 2.24) is 24.7 Å². The lowest BCUT2D eigenvalue weighted by Crippen LogP contribution is -2.24. The van der Waals surface area contributed by atoms with E-state index in [1.807, 2.05) is 59.1 Å². The smallest absolute Gasteiger partial charge is 0.169 e. The van der Waals surface area contributed by atoms with E-state index >= 15 is 0 Å². The minimum atomic E-state index is 0.461. The quantitative estimate of drug-likeness (QED) is 0.289. The van der Waals surface area contributed by atoms with Crippen LogP contribution < -0.4 is 4.90 Å². The minimum absolute atomic E-state index is 0.461. The molecule has 1 aromatic carbocycles. The first-order chi connectivity index (χ1) is 15.7. The molecule has 0 spiro atoms. The highest BCUT2D eigenvalue weighted by Crippen LogP contribution is 2.28. The van der Waals surface area contributed by atoms with Crippen molar-refractivity contribution in [1.29, 1.82) is 0 Å². The molecule has 0 aliphatic carbocycles. The number of fused-ring (bicyclic) bond motifs is 1. The molecule has 7 heteroatoms. The van der Waals surface area contributed by atoms with Gasteiger partial charge in [-0.05, 0) is 36.4 Å². The Morgan fingerprint density at radius 1 is 1.09 bits per heavy atom. The first-order valence-corrected chi connectivity index (χ1v) is 10.2. The first kappa shape index (κ1) is 21.0. The Bertz CT molecular complexity index is 1250. The van der Waals surface area contributed by atoms with Crippen LogP contribution >= 0.6 is 0 Å². The van der Waals surface area contributed by atoms with E-state index in [-0.39, 0.29) is 0 Å². The summed E-state index contributed by atoms with van der Waals surface area (Å²) < 4.78 is 7.61. The van der Waals surface area contributed by atoms with Crippen molar-refractivity contribution in [3.63, 3.8) is 0 Å². The van der Waals surface area contributed by atoms with E-state index in [1.165, 1.54) is 0 Å². The van der Waals surface area contributed by atoms with Crippen LogP contribution in [-0.2, 0) is 4.74 Å². The summed E-state index contributed by atoms with van der Waals surface area (Å²) >= 11 is 0. The molecule has 0 fully saturated rings. The summed E-state index contributed by atoms with van der Waals surface area (Å²) in [5.74, 6) is 2.03. The average molecular weight is 425 g/mol. The van der Waals surface area contributed by atoms with Crippen LogP contribution in [0.2, 0.25) is 0 Å². The van der Waals surface area contributed by atoms with Crippen molar-refractivity contribution in [3.05, 3.63) is 98.2 Å². The average Bonchev–Trinajstić information content (AvgIpc) is 3.28. The van der Waals surface area contributed by atoms with Crippen LogP contribution in [-0.4, -0.2) is 44.9 Å². The molecule has 7 nitrogen and oxygen atoms in total. The lowest BCUT2D eigenvalue weighted by Gasteiger charge is -2.20. The number of hydrogen-bond donors (Lipinski definition) is 0. The molecule has 3 heterocycles. The number of allylic oxidation sites excluding steroid dienone is 3. The predicted molar refractivity (Wildman–Crippen MR) is 128 cm³/mol. The number of ether oxygens (including phenoxy) is 1. The highest BCUT2D eigenvalue weighted by atomic mass is 16.5. The van der Waals surface area contributed by atoms with Gasteiger partial charge in [0.25, 0.3) is 0 Å². The summed E-state index contributed by atoms with van der Waals surface area (Å²) in [5.41, 5.74) is 2.50. The fourth-order valence-electron chi connectivity index (χ4n) is 3.26. The highest BCUT2D eigenvalue weighted by molar-refractivity contribution is 5.89. The van der Waals surface area contributed by atoms with Gasteiger partial charge in [-0.15, -0.1) is 0 Å². The monoisotopic (exact) mass is 424 g/mol. The normalized spacial score (nSPS) is 11.3. The fourth-order valence-corrected chi connectivity index (χ4v) is 3.26. The van der Waals surface area contributed by atoms with Gasteiger partial charge in [0.05, 0.1) is 23.8 Å². The lowest BCUT2D eigenvalue weighted by atomic mass is 10.2. The Hall–Kier alpha value is -4.26. The van der Waals surface area contributed by atoms with Gasteiger partial charge in [-0.1, -0.05) is 37.4 Å². The molecule has 0 radical (unpaired) electrons. The maximum atomic E-state index is 5.78. The van der Waals surface area contributed by atoms with Crippen molar-refractivity contribution in [2.45, 2.75) is 0 Å². The van der Waals surface area contributed by atoms with E-state index in [9.17, 15) is 0 Å². The molecule has 3 aromatic heterocycles. The second-order valence-corrected chi connectivity index (χ2v) is 7.02. The molecule has 0 amide bonds.